The van der Waals surface area contributed by atoms with Crippen molar-refractivity contribution in [2.75, 3.05) is 48.3 Å². The molecule has 0 spiro atoms. The van der Waals surface area contributed by atoms with Crippen LogP contribution in [0.1, 0.15) is 16.8 Å². The summed E-state index contributed by atoms with van der Waals surface area (Å²) in [7, 11) is 5.49. The highest BCUT2D eigenvalue weighted by molar-refractivity contribution is 7.89. The number of rotatable bonds is 9. The van der Waals surface area contributed by atoms with E-state index in [1.165, 1.54) is 22.5 Å². The van der Waals surface area contributed by atoms with Gasteiger partial charge < -0.3 is 9.80 Å². The van der Waals surface area contributed by atoms with Crippen LogP contribution in [0.5, 0.6) is 0 Å². The lowest BCUT2D eigenvalue weighted by molar-refractivity contribution is 0.104. The number of sulfonamides is 1. The lowest BCUT2D eigenvalue weighted by Gasteiger charge is -2.18. The highest BCUT2D eigenvalue weighted by atomic mass is 32.2. The molecule has 24 heavy (non-hydrogen) atoms. The van der Waals surface area contributed by atoms with E-state index in [1.54, 1.807) is 30.3 Å². The van der Waals surface area contributed by atoms with Crippen molar-refractivity contribution in [3.8, 4) is 0 Å². The van der Waals surface area contributed by atoms with E-state index in [2.05, 4.69) is 0 Å². The lowest BCUT2D eigenvalue weighted by atomic mass is 10.1. The zero-order chi connectivity index (χ0) is 18.3. The van der Waals surface area contributed by atoms with Gasteiger partial charge in [-0.25, -0.2) is 12.7 Å². The molecule has 0 bridgehead atoms. The summed E-state index contributed by atoms with van der Waals surface area (Å²) in [4.78, 5) is 16.0. The fourth-order valence-corrected chi connectivity index (χ4v) is 3.29. The topological polar surface area (TPSA) is 60.9 Å². The number of carbonyl (C=O) groups excluding carboxylic acids is 1. The largest absolute Gasteiger partial charge is 0.383 e. The molecule has 6 nitrogen and oxygen atoms in total. The van der Waals surface area contributed by atoms with Gasteiger partial charge in [-0.1, -0.05) is 12.1 Å². The molecule has 0 fully saturated rings. The molecule has 0 aliphatic carbocycles. The molecule has 7 heteroatoms. The highest BCUT2D eigenvalue weighted by Gasteiger charge is 2.21. The molecule has 134 valence electrons. The Morgan fingerprint density at radius 3 is 2.33 bits per heavy atom. The van der Waals surface area contributed by atoms with E-state index < -0.39 is 10.0 Å². The second-order valence-electron chi connectivity index (χ2n) is 6.15. The van der Waals surface area contributed by atoms with Crippen molar-refractivity contribution in [2.45, 2.75) is 11.3 Å². The van der Waals surface area contributed by atoms with Crippen LogP contribution < -0.4 is 0 Å². The van der Waals surface area contributed by atoms with E-state index in [9.17, 15) is 13.2 Å². The third-order valence-corrected chi connectivity index (χ3v) is 5.28. The second-order valence-corrected chi connectivity index (χ2v) is 8.20. The number of allylic oxidation sites excluding steroid dienone is 1. The first-order chi connectivity index (χ1) is 11.1. The minimum Gasteiger partial charge on any atom is -0.383 e. The van der Waals surface area contributed by atoms with Crippen LogP contribution in [0.3, 0.4) is 0 Å². The first-order valence-electron chi connectivity index (χ1n) is 7.74. The normalized spacial score (nSPS) is 12.3. The van der Waals surface area contributed by atoms with Gasteiger partial charge in [-0.3, -0.25) is 4.79 Å². The molecule has 0 heterocycles. The predicted molar refractivity (Wildman–Crippen MR) is 96.6 cm³/mol. The standard InChI is InChI=1S/C17H27N3O3S/c1-18(2)11-7-12-20(5)24(22,23)16-9-6-8-15(14-16)17(21)10-13-19(3)4/h6,8-10,13-14H,7,11-12H2,1-5H3/b13-10+. The average molecular weight is 353 g/mol. The lowest BCUT2D eigenvalue weighted by Crippen LogP contribution is -2.30. The molecule has 1 rings (SSSR count). The zero-order valence-corrected chi connectivity index (χ0v) is 15.9. The third-order valence-electron chi connectivity index (χ3n) is 3.43. The Labute approximate surface area is 145 Å². The molecule has 1 aromatic rings. The van der Waals surface area contributed by atoms with Crippen molar-refractivity contribution < 1.29 is 13.2 Å². The molecule has 0 amide bonds. The summed E-state index contributed by atoms with van der Waals surface area (Å²) in [5.41, 5.74) is 0.357. The van der Waals surface area contributed by atoms with Gasteiger partial charge in [-0.2, -0.15) is 0 Å². The number of ketones is 1. The van der Waals surface area contributed by atoms with Crippen LogP contribution in [0, 0.1) is 0 Å². The molecule has 1 aromatic carbocycles. The molecule has 0 saturated heterocycles. The Morgan fingerprint density at radius 1 is 1.08 bits per heavy atom. The van der Waals surface area contributed by atoms with Gasteiger partial charge in [0.25, 0.3) is 0 Å². The number of hydrogen-bond acceptors (Lipinski definition) is 5. The maximum atomic E-state index is 12.6. The Kier molecular flexibility index (Phi) is 7.59. The second kappa shape index (κ2) is 8.96. The van der Waals surface area contributed by atoms with Gasteiger partial charge in [0.15, 0.2) is 5.78 Å². The number of benzene rings is 1. The predicted octanol–water partition coefficient (Wildman–Crippen LogP) is 1.52. The molecule has 0 N–H and O–H groups in total. The molecule has 0 aliphatic rings. The van der Waals surface area contributed by atoms with Crippen LogP contribution in [0.25, 0.3) is 0 Å². The summed E-state index contributed by atoms with van der Waals surface area (Å²) in [5.74, 6) is -0.226. The van der Waals surface area contributed by atoms with Gasteiger partial charge in [0.2, 0.25) is 10.0 Å². The third kappa shape index (κ3) is 6.07. The van der Waals surface area contributed by atoms with E-state index in [1.807, 2.05) is 33.1 Å². The number of nitrogens with zero attached hydrogens (tertiary/aromatic N) is 3. The Hall–Kier alpha value is -1.70. The van der Waals surface area contributed by atoms with Crippen LogP contribution in [-0.2, 0) is 10.0 Å². The minimum absolute atomic E-state index is 0.138. The van der Waals surface area contributed by atoms with E-state index in [0.717, 1.165) is 13.0 Å². The van der Waals surface area contributed by atoms with Crippen molar-refractivity contribution in [1.82, 2.24) is 14.1 Å². The molecule has 0 radical (unpaired) electrons. The van der Waals surface area contributed by atoms with Crippen LogP contribution >= 0.6 is 0 Å². The maximum absolute atomic E-state index is 12.6. The summed E-state index contributed by atoms with van der Waals surface area (Å²) in [5, 5.41) is 0. The smallest absolute Gasteiger partial charge is 0.242 e. The Balaban J connectivity index is 2.92. The maximum Gasteiger partial charge on any atom is 0.242 e. The van der Waals surface area contributed by atoms with Gasteiger partial charge in [0, 0.05) is 45.5 Å². The van der Waals surface area contributed by atoms with Crippen LogP contribution in [0.15, 0.2) is 41.4 Å². The van der Waals surface area contributed by atoms with Gasteiger partial charge in [-0.05, 0) is 39.2 Å². The summed E-state index contributed by atoms with van der Waals surface area (Å²) in [6.45, 7) is 1.24. The molecular weight excluding hydrogens is 326 g/mol. The van der Waals surface area contributed by atoms with Crippen molar-refractivity contribution in [2.24, 2.45) is 0 Å². The molecule has 0 atom stereocenters. The van der Waals surface area contributed by atoms with Gasteiger partial charge in [-0.15, -0.1) is 0 Å². The van der Waals surface area contributed by atoms with E-state index in [-0.39, 0.29) is 10.7 Å². The van der Waals surface area contributed by atoms with E-state index >= 15 is 0 Å². The molecule has 0 unspecified atom stereocenters. The van der Waals surface area contributed by atoms with Gasteiger partial charge >= 0.3 is 0 Å². The molecule has 0 aliphatic heterocycles. The Bertz CT molecular complexity index is 682. The van der Waals surface area contributed by atoms with Gasteiger partial charge in [0.05, 0.1) is 4.90 Å². The fourth-order valence-electron chi connectivity index (χ4n) is 2.03. The first-order valence-corrected chi connectivity index (χ1v) is 9.18. The van der Waals surface area contributed by atoms with Crippen LogP contribution in [0.2, 0.25) is 0 Å². The molecule has 0 saturated carbocycles. The van der Waals surface area contributed by atoms with Crippen LogP contribution in [-0.4, -0.2) is 76.6 Å². The number of hydrogen-bond donors (Lipinski definition) is 0. The Morgan fingerprint density at radius 2 is 1.75 bits per heavy atom. The highest BCUT2D eigenvalue weighted by Crippen LogP contribution is 2.17. The van der Waals surface area contributed by atoms with E-state index in [4.69, 9.17) is 0 Å². The minimum atomic E-state index is -3.60. The van der Waals surface area contributed by atoms with Crippen molar-refractivity contribution in [3.05, 3.63) is 42.1 Å². The quantitative estimate of drug-likeness (QED) is 0.498. The van der Waals surface area contributed by atoms with E-state index in [0.29, 0.717) is 12.1 Å². The SMILES string of the molecule is CN(C)/C=C/C(=O)c1cccc(S(=O)(=O)N(C)CCCN(C)C)c1. The van der Waals surface area contributed by atoms with Gasteiger partial charge in [0.1, 0.15) is 0 Å². The molecule has 0 aromatic heterocycles. The zero-order valence-electron chi connectivity index (χ0n) is 15.1. The van der Waals surface area contributed by atoms with Crippen molar-refractivity contribution in [1.29, 1.82) is 0 Å². The fraction of sp³-hybridized carbons (Fsp3) is 0.471. The first kappa shape index (κ1) is 20.3. The van der Waals surface area contributed by atoms with Crippen LogP contribution in [0.4, 0.5) is 0 Å². The summed E-state index contributed by atoms with van der Waals surface area (Å²) >= 11 is 0. The number of carbonyl (C=O) groups is 1. The monoisotopic (exact) mass is 353 g/mol. The molecular formula is C17H27N3O3S. The summed E-state index contributed by atoms with van der Waals surface area (Å²) in [6.07, 6.45) is 3.80. The summed E-state index contributed by atoms with van der Waals surface area (Å²) < 4.78 is 26.6. The average Bonchev–Trinajstić information content (AvgIpc) is 2.52. The van der Waals surface area contributed by atoms with Crippen molar-refractivity contribution in [3.63, 3.8) is 0 Å². The summed E-state index contributed by atoms with van der Waals surface area (Å²) in [6, 6.07) is 6.16. The van der Waals surface area contributed by atoms with Crippen molar-refractivity contribution >= 4 is 15.8 Å².